The van der Waals surface area contributed by atoms with Gasteiger partial charge in [0, 0.05) is 41.3 Å². The zero-order chi connectivity index (χ0) is 52.0. The number of carbonyl (C=O) groups is 4. The van der Waals surface area contributed by atoms with Gasteiger partial charge >= 0.3 is 59.1 Å². The Hall–Kier alpha value is -0.920. The van der Waals surface area contributed by atoms with Crippen LogP contribution in [0.4, 0.5) is 0 Å². The van der Waals surface area contributed by atoms with Crippen LogP contribution in [0.15, 0.2) is 0 Å². The summed E-state index contributed by atoms with van der Waals surface area (Å²) in [5, 5.41) is 114. The molecule has 4 heterocycles. The Morgan fingerprint density at radius 1 is 0.569 bits per heavy atom. The van der Waals surface area contributed by atoms with E-state index in [2.05, 4.69) is 10.6 Å². The minimum Gasteiger partial charge on any atom is -0.547 e. The summed E-state index contributed by atoms with van der Waals surface area (Å²) in [5.74, 6) is -4.55. The number of hydrogen-bond acceptors (Lipinski definition) is 26. The largest absolute Gasteiger partial charge is 1.00 e. The molecule has 30 heteroatoms. The molecule has 4 aliphatic heterocycles. The number of aliphatic hydroxyl groups excluding tert-OH is 8. The van der Waals surface area contributed by atoms with Crippen molar-refractivity contribution in [2.45, 2.75) is 175 Å². The van der Waals surface area contributed by atoms with Gasteiger partial charge in [-0.05, 0) is 26.7 Å². The Morgan fingerprint density at radius 3 is 1.47 bits per heavy atom. The summed E-state index contributed by atoms with van der Waals surface area (Å²) >= 11 is 0. The monoisotopic (exact) mass is 1060 g/mol. The second kappa shape index (κ2) is 32.7. The van der Waals surface area contributed by atoms with Crippen molar-refractivity contribution in [2.75, 3.05) is 67.1 Å². The van der Waals surface area contributed by atoms with Gasteiger partial charge < -0.3 is 128 Å². The minimum atomic E-state index is -1.87. The summed E-state index contributed by atoms with van der Waals surface area (Å²) in [6.07, 6.45) is -28.4. The Balaban J connectivity index is 0.00000888. The average molecular weight is 1060 g/mol. The number of unbranched alkanes of at least 4 members (excludes halogenated alkanes) is 1. The normalized spacial score (nSPS) is 37.8. The molecule has 0 bridgehead atoms. The number of carboxylic acids is 2. The van der Waals surface area contributed by atoms with E-state index < -0.39 is 172 Å². The van der Waals surface area contributed by atoms with E-state index >= 15 is 0 Å². The number of hydrogen-bond donors (Lipinski definition) is 10. The Kier molecular flexibility index (Phi) is 30.5. The number of aliphatic carboxylic acids is 2. The van der Waals surface area contributed by atoms with Gasteiger partial charge in [0.15, 0.2) is 12.6 Å². The molecule has 0 aromatic rings. The van der Waals surface area contributed by atoms with Gasteiger partial charge in [0.05, 0.1) is 75.9 Å². The molecule has 22 atom stereocenters. The summed E-state index contributed by atoms with van der Waals surface area (Å²) in [5.41, 5.74) is 0. The predicted molar refractivity (Wildman–Crippen MR) is 223 cm³/mol. The van der Waals surface area contributed by atoms with Crippen LogP contribution in [0.2, 0.25) is 0 Å². The molecule has 0 aliphatic carbocycles. The number of methoxy groups -OCH3 is 2. The van der Waals surface area contributed by atoms with Crippen molar-refractivity contribution >= 4 is 23.8 Å². The Morgan fingerprint density at radius 2 is 1.00 bits per heavy atom. The van der Waals surface area contributed by atoms with Gasteiger partial charge in [0.2, 0.25) is 11.8 Å². The van der Waals surface area contributed by atoms with Gasteiger partial charge in [-0.3, -0.25) is 9.59 Å². The molecule has 4 saturated heterocycles. The van der Waals surface area contributed by atoms with E-state index in [1.165, 1.54) is 13.8 Å². The van der Waals surface area contributed by atoms with Crippen LogP contribution < -0.4 is 80.0 Å². The molecule has 4 fully saturated rings. The van der Waals surface area contributed by atoms with E-state index in [9.17, 15) is 70.2 Å². The number of rotatable bonds is 27. The first-order valence-corrected chi connectivity index (χ1v) is 22.8. The van der Waals surface area contributed by atoms with E-state index in [-0.39, 0.29) is 98.8 Å². The standard InChI is InChI=1S/C42H72N2O26.2Na/c1-17-25(43-19(3)46)32(27(50)23(11-45)65-17)68-42-36(31(54)35(60-6)38(70-42)40(57)58)64-15-22(49)13-62-10-8-7-9-61-12-21(48)14-63-16-24-28(51)33(26(18(2)66-24)44-20(4)47)67-41-30(53)29(52)34(59-5)37(69-41)39(55)56;;/h17-18,21-38,41-42,45,48-54H,7-16H2,1-6H3,(H,43,46)(H,44,47)(H,55,56)(H,57,58);;/q;2*+1/p-2/t17?,18?,21?,22?,23?,24?,25?,26?,27-,28-,29-,30?,31+,32-,33-,34+,35+,36?,37?,38?,41-,42-;;/m1../s1. The molecule has 12 unspecified atom stereocenters. The third kappa shape index (κ3) is 18.6. The first-order chi connectivity index (χ1) is 33.1. The maximum atomic E-state index is 12.0. The Labute approximate surface area is 460 Å². The molecule has 0 saturated carbocycles. The summed E-state index contributed by atoms with van der Waals surface area (Å²) in [4.78, 5) is 47.7. The molecule has 0 radical (unpaired) electrons. The van der Waals surface area contributed by atoms with Crippen molar-refractivity contribution in [3.8, 4) is 0 Å². The van der Waals surface area contributed by atoms with Gasteiger partial charge in [-0.15, -0.1) is 0 Å². The first-order valence-electron chi connectivity index (χ1n) is 22.8. The third-order valence-corrected chi connectivity index (χ3v) is 12.0. The van der Waals surface area contributed by atoms with Gasteiger partial charge in [-0.1, -0.05) is 0 Å². The molecule has 28 nitrogen and oxygen atoms in total. The van der Waals surface area contributed by atoms with Crippen LogP contribution in [-0.2, 0) is 76.0 Å². The number of amides is 2. The van der Waals surface area contributed by atoms with E-state index in [0.717, 1.165) is 14.2 Å². The van der Waals surface area contributed by atoms with Crippen LogP contribution in [0.1, 0.15) is 40.5 Å². The average Bonchev–Trinajstić information content (AvgIpc) is 3.29. The van der Waals surface area contributed by atoms with Gasteiger partial charge in [-0.2, -0.15) is 0 Å². The van der Waals surface area contributed by atoms with Gasteiger partial charge in [0.25, 0.3) is 0 Å². The SMILES string of the molecule is CO[C@@H]1C(C(=O)[O-])O[C@@H](O[C@@H]2C(NC(C)=O)C(C)OC(COCC(O)COCCCCOCC(O)COC3[C@H](O[C@@H]4C(NC(C)=O)C(C)OC(CO)[C@H]4O)OC(C(=O)[O-])[C@@H](OC)[C@@H]3O)[C@H]2O)C(O)[C@H]1O.[Na+].[Na+]. The zero-order valence-corrected chi connectivity index (χ0v) is 45.7. The van der Waals surface area contributed by atoms with Crippen LogP contribution in [0, 0.1) is 0 Å². The molecule has 406 valence electrons. The van der Waals surface area contributed by atoms with Crippen LogP contribution in [0.3, 0.4) is 0 Å². The molecular weight excluding hydrogens is 994 g/mol. The molecule has 0 spiro atoms. The predicted octanol–water partition coefficient (Wildman–Crippen LogP) is -14.9. The van der Waals surface area contributed by atoms with Crippen LogP contribution in [-0.4, -0.2) is 266 Å². The van der Waals surface area contributed by atoms with E-state index in [1.54, 1.807) is 13.8 Å². The van der Waals surface area contributed by atoms with Gasteiger partial charge in [-0.25, -0.2) is 0 Å². The number of carboxylic acid groups (broad SMARTS) is 2. The molecule has 4 aliphatic rings. The molecule has 72 heavy (non-hydrogen) atoms. The Bertz CT molecular complexity index is 1630. The van der Waals surface area contributed by atoms with Crippen molar-refractivity contribution in [3.63, 3.8) is 0 Å². The summed E-state index contributed by atoms with van der Waals surface area (Å²) in [7, 11) is 2.22. The summed E-state index contributed by atoms with van der Waals surface area (Å²) in [6, 6.07) is -2.06. The topological polar surface area (TPSA) is 411 Å². The number of carbonyl (C=O) groups excluding carboxylic acids is 4. The van der Waals surface area contributed by atoms with Crippen molar-refractivity contribution in [1.29, 1.82) is 0 Å². The van der Waals surface area contributed by atoms with Crippen molar-refractivity contribution in [2.24, 2.45) is 0 Å². The fourth-order valence-electron chi connectivity index (χ4n) is 8.51. The molecule has 10 N–H and O–H groups in total. The summed E-state index contributed by atoms with van der Waals surface area (Å²) in [6.45, 7) is 3.84. The van der Waals surface area contributed by atoms with Crippen molar-refractivity contribution < 1.29 is 186 Å². The van der Waals surface area contributed by atoms with Crippen LogP contribution in [0.25, 0.3) is 0 Å². The van der Waals surface area contributed by atoms with E-state index in [4.69, 9.17) is 56.8 Å². The smallest absolute Gasteiger partial charge is 0.547 e. The fraction of sp³-hybridized carbons (Fsp3) is 0.905. The van der Waals surface area contributed by atoms with Crippen LogP contribution in [0.5, 0.6) is 0 Å². The second-order valence-corrected chi connectivity index (χ2v) is 17.4. The number of ether oxygens (including phenoxy) is 12. The first kappa shape index (κ1) is 67.2. The zero-order valence-electron chi connectivity index (χ0n) is 41.7. The second-order valence-electron chi connectivity index (χ2n) is 17.4. The maximum Gasteiger partial charge on any atom is 1.00 e. The summed E-state index contributed by atoms with van der Waals surface area (Å²) < 4.78 is 66.8. The van der Waals surface area contributed by atoms with Crippen LogP contribution >= 0.6 is 0 Å². The molecule has 4 rings (SSSR count). The fourth-order valence-corrected chi connectivity index (χ4v) is 8.51. The van der Waals surface area contributed by atoms with E-state index in [1.807, 2.05) is 0 Å². The molecular formula is C42H70N2Na2O26. The maximum absolute atomic E-state index is 12.0. The van der Waals surface area contributed by atoms with Gasteiger partial charge in [0.1, 0.15) is 97.7 Å². The third-order valence-electron chi connectivity index (χ3n) is 12.0. The number of aliphatic hydroxyl groups is 8. The molecule has 0 aromatic carbocycles. The molecule has 0 aromatic heterocycles. The molecule has 2 amide bonds. The number of nitrogens with one attached hydrogen (secondary N) is 2. The van der Waals surface area contributed by atoms with E-state index in [0.29, 0.717) is 12.8 Å². The van der Waals surface area contributed by atoms with Crippen molar-refractivity contribution in [3.05, 3.63) is 0 Å². The quantitative estimate of drug-likeness (QED) is 0.0270. The van der Waals surface area contributed by atoms with Crippen molar-refractivity contribution in [1.82, 2.24) is 10.6 Å². The minimum absolute atomic E-state index is 0.